The van der Waals surface area contributed by atoms with Gasteiger partial charge >= 0.3 is 0 Å². The lowest BCUT2D eigenvalue weighted by Gasteiger charge is -2.32. The summed E-state index contributed by atoms with van der Waals surface area (Å²) in [6, 6.07) is 4.79. The lowest BCUT2D eigenvalue weighted by Crippen LogP contribution is -2.50. The first-order valence-electron chi connectivity index (χ1n) is 9.07. The molecule has 1 aromatic carbocycles. The smallest absolute Gasteiger partial charge is 0.260 e. The van der Waals surface area contributed by atoms with Gasteiger partial charge in [0, 0.05) is 25.8 Å². The molecule has 0 bridgehead atoms. The van der Waals surface area contributed by atoms with Crippen molar-refractivity contribution in [1.29, 1.82) is 0 Å². The maximum Gasteiger partial charge on any atom is 0.260 e. The van der Waals surface area contributed by atoms with Crippen molar-refractivity contribution in [3.8, 4) is 0 Å². The lowest BCUT2D eigenvalue weighted by atomic mass is 10.1. The van der Waals surface area contributed by atoms with Gasteiger partial charge in [0.15, 0.2) is 0 Å². The van der Waals surface area contributed by atoms with Crippen LogP contribution in [0, 0.1) is 5.92 Å². The van der Waals surface area contributed by atoms with Crippen LogP contribution in [0.3, 0.4) is 0 Å². The molecule has 2 heterocycles. The highest BCUT2D eigenvalue weighted by atomic mass is 16.5. The summed E-state index contributed by atoms with van der Waals surface area (Å²) in [5.41, 5.74) is 0.864. The van der Waals surface area contributed by atoms with Gasteiger partial charge in [-0.1, -0.05) is 0 Å². The fraction of sp³-hybridized carbons (Fsp3) is 0.526. The van der Waals surface area contributed by atoms with Gasteiger partial charge in [0.2, 0.25) is 0 Å². The summed E-state index contributed by atoms with van der Waals surface area (Å²) in [6.45, 7) is 1.87. The molecule has 2 atom stereocenters. The number of nitrogens with one attached hydrogen (secondary N) is 1. The molecule has 4 rings (SSSR count). The highest BCUT2D eigenvalue weighted by Gasteiger charge is 2.31. The monoisotopic (exact) mass is 357 g/mol. The van der Waals surface area contributed by atoms with Gasteiger partial charge in [0.1, 0.15) is 0 Å². The van der Waals surface area contributed by atoms with Gasteiger partial charge in [0.25, 0.3) is 11.5 Å². The fourth-order valence-corrected chi connectivity index (χ4v) is 3.20. The summed E-state index contributed by atoms with van der Waals surface area (Å²) in [6.07, 6.45) is 4.71. The zero-order chi connectivity index (χ0) is 18.1. The van der Waals surface area contributed by atoms with E-state index in [2.05, 4.69) is 10.3 Å². The molecule has 26 heavy (non-hydrogen) atoms. The molecular formula is C19H23N3O4. The van der Waals surface area contributed by atoms with Crippen LogP contribution in [-0.2, 0) is 16.5 Å². The Kier molecular flexibility index (Phi) is 4.74. The van der Waals surface area contributed by atoms with E-state index in [4.69, 9.17) is 9.47 Å². The maximum absolute atomic E-state index is 12.7. The van der Waals surface area contributed by atoms with Crippen molar-refractivity contribution in [2.45, 2.75) is 31.4 Å². The number of ether oxygens (including phenoxy) is 2. The predicted octanol–water partition coefficient (Wildman–Crippen LogP) is 1.25. The standard InChI is InChI=1S/C19H23N3O4/c1-22-11-20-15-8-13(4-5-14(15)19(22)24)18(23)21-16-10-25-7-6-17(16)26-9-12-2-3-12/h4-5,8,11-12,16-17H,2-3,6-7,9-10H2,1H3,(H,21,23)/t16-,17+/m1/s1. The minimum Gasteiger partial charge on any atom is -0.379 e. The Bertz CT molecular complexity index is 875. The van der Waals surface area contributed by atoms with Gasteiger partial charge < -0.3 is 19.4 Å². The lowest BCUT2D eigenvalue weighted by molar-refractivity contribution is -0.0567. The number of carbonyl (C=O) groups excluding carboxylic acids is 1. The minimum atomic E-state index is -0.204. The van der Waals surface area contributed by atoms with Crippen LogP contribution in [-0.4, -0.2) is 47.4 Å². The molecular weight excluding hydrogens is 334 g/mol. The molecule has 7 nitrogen and oxygen atoms in total. The zero-order valence-corrected chi connectivity index (χ0v) is 14.8. The van der Waals surface area contributed by atoms with Crippen LogP contribution in [0.2, 0.25) is 0 Å². The van der Waals surface area contributed by atoms with Crippen LogP contribution in [0.5, 0.6) is 0 Å². The highest BCUT2D eigenvalue weighted by Crippen LogP contribution is 2.30. The molecule has 1 aliphatic heterocycles. The van der Waals surface area contributed by atoms with Gasteiger partial charge in [-0.05, 0) is 43.4 Å². The van der Waals surface area contributed by atoms with E-state index < -0.39 is 0 Å². The third-order valence-corrected chi connectivity index (χ3v) is 5.03. The van der Waals surface area contributed by atoms with Crippen LogP contribution >= 0.6 is 0 Å². The molecule has 2 aromatic rings. The van der Waals surface area contributed by atoms with E-state index in [1.54, 1.807) is 25.2 Å². The van der Waals surface area contributed by atoms with E-state index in [0.29, 0.717) is 35.6 Å². The molecule has 7 heteroatoms. The molecule has 0 radical (unpaired) electrons. The second-order valence-electron chi connectivity index (χ2n) is 7.15. The summed E-state index contributed by atoms with van der Waals surface area (Å²) < 4.78 is 12.9. The van der Waals surface area contributed by atoms with Crippen LogP contribution in [0.25, 0.3) is 10.9 Å². The normalized spacial score (nSPS) is 23.1. The van der Waals surface area contributed by atoms with Gasteiger partial charge in [0.05, 0.1) is 36.0 Å². The van der Waals surface area contributed by atoms with Crippen LogP contribution < -0.4 is 10.9 Å². The number of nitrogens with zero attached hydrogens (tertiary/aromatic N) is 2. The SMILES string of the molecule is Cn1cnc2cc(C(=O)N[C@@H]3COCC[C@@H]3OCC3CC3)ccc2c1=O. The fourth-order valence-electron chi connectivity index (χ4n) is 3.20. The number of carbonyl (C=O) groups is 1. The molecule has 2 aliphatic rings. The Hall–Kier alpha value is -2.25. The third-order valence-electron chi connectivity index (χ3n) is 5.03. The predicted molar refractivity (Wildman–Crippen MR) is 96.1 cm³/mol. The number of aryl methyl sites for hydroxylation is 1. The topological polar surface area (TPSA) is 82.5 Å². The van der Waals surface area contributed by atoms with Crippen molar-refractivity contribution < 1.29 is 14.3 Å². The molecule has 1 saturated carbocycles. The van der Waals surface area contributed by atoms with Crippen molar-refractivity contribution in [3.05, 3.63) is 40.4 Å². The number of amides is 1. The van der Waals surface area contributed by atoms with Gasteiger partial charge in [-0.2, -0.15) is 0 Å². The van der Waals surface area contributed by atoms with Crippen molar-refractivity contribution in [2.24, 2.45) is 13.0 Å². The second kappa shape index (κ2) is 7.17. The van der Waals surface area contributed by atoms with Gasteiger partial charge in [-0.25, -0.2) is 4.98 Å². The number of benzene rings is 1. The molecule has 1 aliphatic carbocycles. The number of fused-ring (bicyclic) bond motifs is 1. The highest BCUT2D eigenvalue weighted by molar-refractivity contribution is 5.97. The summed E-state index contributed by atoms with van der Waals surface area (Å²) in [7, 11) is 1.65. The van der Waals surface area contributed by atoms with E-state index in [-0.39, 0.29) is 23.6 Å². The van der Waals surface area contributed by atoms with Crippen molar-refractivity contribution in [1.82, 2.24) is 14.9 Å². The van der Waals surface area contributed by atoms with Crippen LogP contribution in [0.1, 0.15) is 29.6 Å². The summed E-state index contributed by atoms with van der Waals surface area (Å²) in [5.74, 6) is 0.480. The summed E-state index contributed by atoms with van der Waals surface area (Å²) in [4.78, 5) is 29.0. The number of rotatable bonds is 5. The van der Waals surface area contributed by atoms with Gasteiger partial charge in [-0.15, -0.1) is 0 Å². The molecule has 0 spiro atoms. The average Bonchev–Trinajstić information content (AvgIpc) is 3.48. The van der Waals surface area contributed by atoms with Crippen molar-refractivity contribution in [2.75, 3.05) is 19.8 Å². The Morgan fingerprint density at radius 1 is 1.38 bits per heavy atom. The maximum atomic E-state index is 12.7. The van der Waals surface area contributed by atoms with E-state index >= 15 is 0 Å². The van der Waals surface area contributed by atoms with Crippen LogP contribution in [0.4, 0.5) is 0 Å². The molecule has 0 unspecified atom stereocenters. The van der Waals surface area contributed by atoms with E-state index in [1.165, 1.54) is 23.7 Å². The Labute approximate surface area is 151 Å². The largest absolute Gasteiger partial charge is 0.379 e. The molecule has 1 amide bonds. The zero-order valence-electron chi connectivity index (χ0n) is 14.8. The average molecular weight is 357 g/mol. The van der Waals surface area contributed by atoms with Crippen LogP contribution in [0.15, 0.2) is 29.3 Å². The molecule has 1 aromatic heterocycles. The first kappa shape index (κ1) is 17.2. The molecule has 1 N–H and O–H groups in total. The summed E-state index contributed by atoms with van der Waals surface area (Å²) >= 11 is 0. The first-order chi connectivity index (χ1) is 12.6. The number of hydrogen-bond acceptors (Lipinski definition) is 5. The number of hydrogen-bond donors (Lipinski definition) is 1. The third kappa shape index (κ3) is 3.64. The van der Waals surface area contributed by atoms with Gasteiger partial charge in [-0.3, -0.25) is 9.59 Å². The Morgan fingerprint density at radius 2 is 2.23 bits per heavy atom. The first-order valence-corrected chi connectivity index (χ1v) is 9.07. The molecule has 138 valence electrons. The minimum absolute atomic E-state index is 0.0147. The molecule has 2 fully saturated rings. The second-order valence-corrected chi connectivity index (χ2v) is 7.15. The quantitative estimate of drug-likeness (QED) is 0.871. The van der Waals surface area contributed by atoms with E-state index in [9.17, 15) is 9.59 Å². The van der Waals surface area contributed by atoms with E-state index in [1.807, 2.05) is 0 Å². The summed E-state index contributed by atoms with van der Waals surface area (Å²) in [5, 5.41) is 3.52. The van der Waals surface area contributed by atoms with Crippen molar-refractivity contribution >= 4 is 16.8 Å². The molecule has 1 saturated heterocycles. The Balaban J connectivity index is 1.48. The Morgan fingerprint density at radius 3 is 3.04 bits per heavy atom. The number of aromatic nitrogens is 2. The van der Waals surface area contributed by atoms with E-state index in [0.717, 1.165) is 13.0 Å². The van der Waals surface area contributed by atoms with Crippen molar-refractivity contribution in [3.63, 3.8) is 0 Å².